The summed E-state index contributed by atoms with van der Waals surface area (Å²) in [7, 11) is 0. The quantitative estimate of drug-likeness (QED) is 0.758. The Bertz CT molecular complexity index is 182. The number of rotatable bonds is 3. The van der Waals surface area contributed by atoms with E-state index in [9.17, 15) is 0 Å². The Balaban J connectivity index is 0.000000424. The first-order valence-corrected chi connectivity index (χ1v) is 5.09. The Labute approximate surface area is 82.0 Å². The fourth-order valence-corrected chi connectivity index (χ4v) is 0.951. The predicted molar refractivity (Wildman–Crippen MR) is 59.8 cm³/mol. The third-order valence-corrected chi connectivity index (χ3v) is 1.51. The summed E-state index contributed by atoms with van der Waals surface area (Å²) in [5, 5.41) is 0. The topological polar surface area (TPSA) is 26.0 Å². The Kier molecular flexibility index (Phi) is 8.68. The molecular formula is C12H21N. The van der Waals surface area contributed by atoms with Crippen molar-refractivity contribution in [2.24, 2.45) is 5.73 Å². The van der Waals surface area contributed by atoms with Crippen LogP contribution in [0.15, 0.2) is 30.3 Å². The third-order valence-electron chi connectivity index (χ3n) is 1.51. The molecule has 2 N–H and O–H groups in total. The van der Waals surface area contributed by atoms with Gasteiger partial charge in [-0.05, 0) is 24.9 Å². The van der Waals surface area contributed by atoms with E-state index < -0.39 is 0 Å². The van der Waals surface area contributed by atoms with Crippen LogP contribution in [0.2, 0.25) is 0 Å². The van der Waals surface area contributed by atoms with E-state index in [1.807, 2.05) is 6.07 Å². The molecule has 1 aromatic carbocycles. The van der Waals surface area contributed by atoms with E-state index in [2.05, 4.69) is 38.1 Å². The Morgan fingerprint density at radius 2 is 1.62 bits per heavy atom. The highest BCUT2D eigenvalue weighted by molar-refractivity contribution is 5.14. The van der Waals surface area contributed by atoms with Crippen molar-refractivity contribution in [3.05, 3.63) is 35.9 Å². The van der Waals surface area contributed by atoms with Crippen molar-refractivity contribution in [1.82, 2.24) is 0 Å². The smallest absolute Gasteiger partial charge is 0.00741 e. The Morgan fingerprint density at radius 3 is 2.08 bits per heavy atom. The average molecular weight is 179 g/mol. The molecule has 0 spiro atoms. The van der Waals surface area contributed by atoms with Gasteiger partial charge >= 0.3 is 0 Å². The minimum absolute atomic E-state index is 0.787. The Hall–Kier alpha value is -0.820. The van der Waals surface area contributed by atoms with Gasteiger partial charge in [-0.25, -0.2) is 0 Å². The van der Waals surface area contributed by atoms with E-state index in [1.165, 1.54) is 12.0 Å². The van der Waals surface area contributed by atoms with Crippen LogP contribution in [0.4, 0.5) is 0 Å². The number of benzene rings is 1. The molecule has 0 aliphatic heterocycles. The third kappa shape index (κ3) is 7.54. The molecule has 13 heavy (non-hydrogen) atoms. The summed E-state index contributed by atoms with van der Waals surface area (Å²) < 4.78 is 0. The van der Waals surface area contributed by atoms with Gasteiger partial charge in [-0.1, -0.05) is 50.6 Å². The van der Waals surface area contributed by atoms with E-state index in [1.54, 1.807) is 0 Å². The maximum atomic E-state index is 5.38. The van der Waals surface area contributed by atoms with Crippen LogP contribution in [0.3, 0.4) is 0 Å². The minimum Gasteiger partial charge on any atom is -0.330 e. The summed E-state index contributed by atoms with van der Waals surface area (Å²) in [4.78, 5) is 0. The molecule has 1 rings (SSSR count). The van der Waals surface area contributed by atoms with Crippen molar-refractivity contribution in [2.45, 2.75) is 33.1 Å². The second-order valence-corrected chi connectivity index (χ2v) is 3.08. The van der Waals surface area contributed by atoms with Gasteiger partial charge in [0.2, 0.25) is 0 Å². The SMILES string of the molecule is CCC.NCCCc1ccccc1. The van der Waals surface area contributed by atoms with Crippen LogP contribution in [0.1, 0.15) is 32.3 Å². The first-order chi connectivity index (χ1) is 6.35. The summed E-state index contributed by atoms with van der Waals surface area (Å²) in [6, 6.07) is 10.4. The summed E-state index contributed by atoms with van der Waals surface area (Å²) >= 11 is 0. The zero-order chi connectivity index (χ0) is 9.94. The van der Waals surface area contributed by atoms with Crippen molar-refractivity contribution in [3.63, 3.8) is 0 Å². The summed E-state index contributed by atoms with van der Waals surface area (Å²) in [6.45, 7) is 5.04. The zero-order valence-corrected chi connectivity index (χ0v) is 8.79. The summed E-state index contributed by atoms with van der Waals surface area (Å²) in [6.07, 6.45) is 3.45. The molecule has 0 aliphatic carbocycles. The number of aryl methyl sites for hydroxylation is 1. The lowest BCUT2D eigenvalue weighted by Gasteiger charge is -1.96. The standard InChI is InChI=1S/C9H13N.C3H8/c10-8-4-7-9-5-2-1-3-6-9;1-3-2/h1-3,5-6H,4,7-8,10H2;3H2,1-2H3. The van der Waals surface area contributed by atoms with E-state index in [0.717, 1.165) is 19.4 Å². The van der Waals surface area contributed by atoms with Gasteiger partial charge in [0.05, 0.1) is 0 Å². The lowest BCUT2D eigenvalue weighted by Crippen LogP contribution is -1.99. The summed E-state index contributed by atoms with van der Waals surface area (Å²) in [5.74, 6) is 0. The maximum Gasteiger partial charge on any atom is -0.00741 e. The first-order valence-electron chi connectivity index (χ1n) is 5.09. The highest BCUT2D eigenvalue weighted by Gasteiger charge is 1.87. The van der Waals surface area contributed by atoms with Gasteiger partial charge in [0.15, 0.2) is 0 Å². The van der Waals surface area contributed by atoms with Crippen LogP contribution < -0.4 is 5.73 Å². The average Bonchev–Trinajstić information content (AvgIpc) is 2.18. The molecule has 0 heterocycles. The van der Waals surface area contributed by atoms with Gasteiger partial charge in [-0.3, -0.25) is 0 Å². The lowest BCUT2D eigenvalue weighted by atomic mass is 10.1. The van der Waals surface area contributed by atoms with Gasteiger partial charge in [-0.2, -0.15) is 0 Å². The molecule has 74 valence electrons. The van der Waals surface area contributed by atoms with Crippen LogP contribution in [0.5, 0.6) is 0 Å². The second kappa shape index (κ2) is 9.27. The van der Waals surface area contributed by atoms with Crippen LogP contribution in [-0.2, 0) is 6.42 Å². The molecule has 0 aliphatic rings. The molecule has 0 unspecified atom stereocenters. The molecule has 0 amide bonds. The largest absolute Gasteiger partial charge is 0.330 e. The van der Waals surface area contributed by atoms with E-state index >= 15 is 0 Å². The van der Waals surface area contributed by atoms with Crippen molar-refractivity contribution < 1.29 is 0 Å². The zero-order valence-electron chi connectivity index (χ0n) is 8.79. The Morgan fingerprint density at radius 1 is 1.08 bits per heavy atom. The molecular weight excluding hydrogens is 158 g/mol. The number of hydrogen-bond donors (Lipinski definition) is 1. The van der Waals surface area contributed by atoms with Gasteiger partial charge in [-0.15, -0.1) is 0 Å². The molecule has 0 bridgehead atoms. The first kappa shape index (κ1) is 12.2. The van der Waals surface area contributed by atoms with Gasteiger partial charge in [0.1, 0.15) is 0 Å². The fourth-order valence-electron chi connectivity index (χ4n) is 0.951. The van der Waals surface area contributed by atoms with E-state index in [-0.39, 0.29) is 0 Å². The van der Waals surface area contributed by atoms with Gasteiger partial charge in [0.25, 0.3) is 0 Å². The molecule has 1 nitrogen and oxygen atoms in total. The fraction of sp³-hybridized carbons (Fsp3) is 0.500. The number of hydrogen-bond acceptors (Lipinski definition) is 1. The maximum absolute atomic E-state index is 5.38. The molecule has 1 aromatic rings. The van der Waals surface area contributed by atoms with E-state index in [4.69, 9.17) is 5.73 Å². The van der Waals surface area contributed by atoms with Crippen LogP contribution in [0, 0.1) is 0 Å². The molecule has 1 heteroatoms. The number of nitrogens with two attached hydrogens (primary N) is 1. The molecule has 0 saturated heterocycles. The predicted octanol–water partition coefficient (Wildman–Crippen LogP) is 2.99. The summed E-state index contributed by atoms with van der Waals surface area (Å²) in [5.41, 5.74) is 6.76. The van der Waals surface area contributed by atoms with E-state index in [0.29, 0.717) is 0 Å². The molecule has 0 radical (unpaired) electrons. The minimum atomic E-state index is 0.787. The lowest BCUT2D eigenvalue weighted by molar-refractivity contribution is 0.833. The van der Waals surface area contributed by atoms with Crippen molar-refractivity contribution in [3.8, 4) is 0 Å². The van der Waals surface area contributed by atoms with Crippen LogP contribution in [-0.4, -0.2) is 6.54 Å². The van der Waals surface area contributed by atoms with Crippen LogP contribution in [0.25, 0.3) is 0 Å². The highest BCUT2D eigenvalue weighted by Crippen LogP contribution is 2.00. The van der Waals surface area contributed by atoms with Gasteiger partial charge < -0.3 is 5.73 Å². The molecule has 0 fully saturated rings. The normalized spacial score (nSPS) is 8.85. The highest BCUT2D eigenvalue weighted by atomic mass is 14.5. The molecule has 0 saturated carbocycles. The van der Waals surface area contributed by atoms with Gasteiger partial charge in [0, 0.05) is 0 Å². The van der Waals surface area contributed by atoms with Crippen molar-refractivity contribution >= 4 is 0 Å². The monoisotopic (exact) mass is 179 g/mol. The molecule has 0 atom stereocenters. The molecule has 0 aromatic heterocycles. The van der Waals surface area contributed by atoms with Crippen molar-refractivity contribution in [1.29, 1.82) is 0 Å². The van der Waals surface area contributed by atoms with Crippen LogP contribution >= 0.6 is 0 Å². The van der Waals surface area contributed by atoms with Crippen molar-refractivity contribution in [2.75, 3.05) is 6.54 Å². The second-order valence-electron chi connectivity index (χ2n) is 3.08.